The Morgan fingerprint density at radius 3 is 2.72 bits per heavy atom. The molecule has 18 heavy (non-hydrogen) atoms. The first-order valence-corrected chi connectivity index (χ1v) is 7.27. The highest BCUT2D eigenvalue weighted by Gasteiger charge is 2.19. The fourth-order valence-electron chi connectivity index (χ4n) is 2.74. The molecule has 1 saturated heterocycles. The van der Waals surface area contributed by atoms with Crippen LogP contribution in [0, 0.1) is 0 Å². The first kappa shape index (κ1) is 13.9. The number of nitrogens with one attached hydrogen (secondary N) is 1. The molecule has 0 saturated carbocycles. The number of hydrogen-bond acceptors (Lipinski definition) is 2. The van der Waals surface area contributed by atoms with Gasteiger partial charge in [0.05, 0.1) is 0 Å². The van der Waals surface area contributed by atoms with Crippen molar-refractivity contribution in [1.29, 1.82) is 0 Å². The lowest BCUT2D eigenvalue weighted by Crippen LogP contribution is -2.40. The maximum absolute atomic E-state index is 6.35. The molecule has 0 bridgehead atoms. The fraction of sp³-hybridized carbons (Fsp3) is 0.600. The average molecular weight is 267 g/mol. The van der Waals surface area contributed by atoms with Crippen LogP contribution in [0.2, 0.25) is 5.02 Å². The van der Waals surface area contributed by atoms with Gasteiger partial charge in [0.2, 0.25) is 0 Å². The molecule has 0 unspecified atom stereocenters. The van der Waals surface area contributed by atoms with Crippen LogP contribution in [0.1, 0.15) is 30.9 Å². The molecule has 1 heterocycles. The first-order valence-electron chi connectivity index (χ1n) is 6.89. The lowest BCUT2D eigenvalue weighted by atomic mass is 10.0. The Morgan fingerprint density at radius 1 is 1.33 bits per heavy atom. The van der Waals surface area contributed by atoms with Crippen LogP contribution in [0.5, 0.6) is 0 Å². The summed E-state index contributed by atoms with van der Waals surface area (Å²) in [6.07, 6.45) is 3.53. The van der Waals surface area contributed by atoms with Crippen molar-refractivity contribution in [2.45, 2.75) is 38.8 Å². The molecule has 2 rings (SSSR count). The SMILES string of the molecule is CCc1cccc(Cl)c1CN(C)C1CCNCC1. The second-order valence-electron chi connectivity index (χ2n) is 5.13. The van der Waals surface area contributed by atoms with E-state index in [0.29, 0.717) is 6.04 Å². The van der Waals surface area contributed by atoms with Gasteiger partial charge in [-0.05, 0) is 56.6 Å². The van der Waals surface area contributed by atoms with Gasteiger partial charge in [0.1, 0.15) is 0 Å². The number of piperidine rings is 1. The fourth-order valence-corrected chi connectivity index (χ4v) is 2.99. The Hall–Kier alpha value is -0.570. The number of nitrogens with zero attached hydrogens (tertiary/aromatic N) is 1. The van der Waals surface area contributed by atoms with Crippen LogP contribution in [0.15, 0.2) is 18.2 Å². The van der Waals surface area contributed by atoms with Gasteiger partial charge in [0.25, 0.3) is 0 Å². The van der Waals surface area contributed by atoms with E-state index in [4.69, 9.17) is 11.6 Å². The van der Waals surface area contributed by atoms with E-state index in [9.17, 15) is 0 Å². The molecule has 3 heteroatoms. The minimum Gasteiger partial charge on any atom is -0.317 e. The van der Waals surface area contributed by atoms with Gasteiger partial charge in [-0.1, -0.05) is 30.7 Å². The zero-order valence-electron chi connectivity index (χ0n) is 11.4. The number of benzene rings is 1. The van der Waals surface area contributed by atoms with E-state index in [1.54, 1.807) is 0 Å². The molecule has 1 aliphatic heterocycles. The summed E-state index contributed by atoms with van der Waals surface area (Å²) in [5.74, 6) is 0. The third-order valence-corrected chi connectivity index (χ3v) is 4.29. The molecule has 0 radical (unpaired) electrons. The van der Waals surface area contributed by atoms with Gasteiger partial charge >= 0.3 is 0 Å². The van der Waals surface area contributed by atoms with Crippen molar-refractivity contribution in [3.63, 3.8) is 0 Å². The summed E-state index contributed by atoms with van der Waals surface area (Å²) < 4.78 is 0. The third kappa shape index (κ3) is 3.25. The molecule has 1 aromatic carbocycles. The Balaban J connectivity index is 2.08. The predicted molar refractivity (Wildman–Crippen MR) is 78.2 cm³/mol. The smallest absolute Gasteiger partial charge is 0.0453 e. The van der Waals surface area contributed by atoms with Crippen molar-refractivity contribution < 1.29 is 0 Å². The second-order valence-corrected chi connectivity index (χ2v) is 5.53. The topological polar surface area (TPSA) is 15.3 Å². The Labute approximate surface area is 115 Å². The summed E-state index contributed by atoms with van der Waals surface area (Å²) >= 11 is 6.35. The summed E-state index contributed by atoms with van der Waals surface area (Å²) in [4.78, 5) is 2.46. The molecule has 0 aromatic heterocycles. The summed E-state index contributed by atoms with van der Waals surface area (Å²) in [6, 6.07) is 6.94. The van der Waals surface area contributed by atoms with Crippen LogP contribution in [0.4, 0.5) is 0 Å². The Kier molecular flexibility index (Phi) is 5.04. The van der Waals surface area contributed by atoms with Crippen molar-refractivity contribution in [3.05, 3.63) is 34.3 Å². The molecule has 0 atom stereocenters. The van der Waals surface area contributed by atoms with Crippen LogP contribution in [-0.2, 0) is 13.0 Å². The zero-order valence-corrected chi connectivity index (χ0v) is 12.1. The summed E-state index contributed by atoms with van der Waals surface area (Å²) in [7, 11) is 2.22. The zero-order chi connectivity index (χ0) is 13.0. The molecule has 2 nitrogen and oxygen atoms in total. The van der Waals surface area contributed by atoms with Crippen molar-refractivity contribution in [2.24, 2.45) is 0 Å². The van der Waals surface area contributed by atoms with Crippen molar-refractivity contribution in [2.75, 3.05) is 20.1 Å². The van der Waals surface area contributed by atoms with Gasteiger partial charge in [-0.2, -0.15) is 0 Å². The van der Waals surface area contributed by atoms with Crippen molar-refractivity contribution in [3.8, 4) is 0 Å². The normalized spacial score (nSPS) is 17.3. The average Bonchev–Trinajstić information content (AvgIpc) is 2.42. The van der Waals surface area contributed by atoms with Crippen molar-refractivity contribution >= 4 is 11.6 Å². The predicted octanol–water partition coefficient (Wildman–Crippen LogP) is 3.09. The standard InChI is InChI=1S/C15H23ClN2/c1-3-12-5-4-6-15(16)14(12)11-18(2)13-7-9-17-10-8-13/h4-6,13,17H,3,7-11H2,1-2H3. The molecule has 100 valence electrons. The third-order valence-electron chi connectivity index (χ3n) is 3.94. The molecule has 1 aliphatic rings. The lowest BCUT2D eigenvalue weighted by molar-refractivity contribution is 0.191. The summed E-state index contributed by atoms with van der Waals surface area (Å²) in [5, 5.41) is 4.33. The molecule has 1 fully saturated rings. The highest BCUT2D eigenvalue weighted by molar-refractivity contribution is 6.31. The first-order chi connectivity index (χ1) is 8.72. The molecule has 1 N–H and O–H groups in total. The molecule has 0 amide bonds. The van der Waals surface area contributed by atoms with Gasteiger partial charge in [0, 0.05) is 17.6 Å². The van der Waals surface area contributed by atoms with Gasteiger partial charge in [0.15, 0.2) is 0 Å². The van der Waals surface area contributed by atoms with E-state index in [2.05, 4.69) is 36.3 Å². The van der Waals surface area contributed by atoms with E-state index in [1.165, 1.54) is 24.0 Å². The number of halogens is 1. The van der Waals surface area contributed by atoms with Gasteiger partial charge in [-0.3, -0.25) is 4.90 Å². The van der Waals surface area contributed by atoms with Crippen LogP contribution in [-0.4, -0.2) is 31.1 Å². The summed E-state index contributed by atoms with van der Waals surface area (Å²) in [5.41, 5.74) is 2.69. The van der Waals surface area contributed by atoms with Crippen LogP contribution in [0.3, 0.4) is 0 Å². The number of aryl methyl sites for hydroxylation is 1. The van der Waals surface area contributed by atoms with Gasteiger partial charge in [-0.25, -0.2) is 0 Å². The van der Waals surface area contributed by atoms with Crippen LogP contribution < -0.4 is 5.32 Å². The Bertz CT molecular complexity index is 386. The second kappa shape index (κ2) is 6.55. The van der Waals surface area contributed by atoms with E-state index >= 15 is 0 Å². The molecule has 0 spiro atoms. The van der Waals surface area contributed by atoms with E-state index < -0.39 is 0 Å². The van der Waals surface area contributed by atoms with Gasteiger partial charge < -0.3 is 5.32 Å². The quantitative estimate of drug-likeness (QED) is 0.901. The maximum atomic E-state index is 6.35. The summed E-state index contributed by atoms with van der Waals surface area (Å²) in [6.45, 7) is 5.43. The van der Waals surface area contributed by atoms with E-state index in [1.807, 2.05) is 6.07 Å². The Morgan fingerprint density at radius 2 is 2.06 bits per heavy atom. The number of hydrogen-bond donors (Lipinski definition) is 1. The van der Waals surface area contributed by atoms with Crippen molar-refractivity contribution in [1.82, 2.24) is 10.2 Å². The minimum absolute atomic E-state index is 0.687. The number of rotatable bonds is 4. The molecule has 0 aliphatic carbocycles. The highest BCUT2D eigenvalue weighted by Crippen LogP contribution is 2.24. The minimum atomic E-state index is 0.687. The van der Waals surface area contributed by atoms with E-state index in [0.717, 1.165) is 31.1 Å². The molecular weight excluding hydrogens is 244 g/mol. The molecular formula is C15H23ClN2. The van der Waals surface area contributed by atoms with Gasteiger partial charge in [-0.15, -0.1) is 0 Å². The maximum Gasteiger partial charge on any atom is 0.0453 e. The van der Waals surface area contributed by atoms with E-state index in [-0.39, 0.29) is 0 Å². The highest BCUT2D eigenvalue weighted by atomic mass is 35.5. The largest absolute Gasteiger partial charge is 0.317 e. The monoisotopic (exact) mass is 266 g/mol. The lowest BCUT2D eigenvalue weighted by Gasteiger charge is -2.32. The van der Waals surface area contributed by atoms with Crippen LogP contribution >= 0.6 is 11.6 Å². The van der Waals surface area contributed by atoms with Crippen LogP contribution in [0.25, 0.3) is 0 Å². The molecule has 1 aromatic rings.